The minimum Gasteiger partial charge on any atom is -0.363 e. The van der Waals surface area contributed by atoms with Gasteiger partial charge >= 0.3 is 0 Å². The average molecular weight is 232 g/mol. The molecule has 2 aromatic rings. The zero-order chi connectivity index (χ0) is 12.3. The van der Waals surface area contributed by atoms with Gasteiger partial charge in [-0.2, -0.15) is 5.10 Å². The van der Waals surface area contributed by atoms with Gasteiger partial charge in [-0.3, -0.25) is 4.68 Å². The number of anilines is 1. The van der Waals surface area contributed by atoms with Crippen molar-refractivity contribution in [1.82, 2.24) is 24.7 Å². The maximum atomic E-state index is 4.39. The van der Waals surface area contributed by atoms with Crippen molar-refractivity contribution >= 4 is 5.82 Å². The lowest BCUT2D eigenvalue weighted by molar-refractivity contribution is 0.746. The maximum absolute atomic E-state index is 4.39. The average Bonchev–Trinajstić information content (AvgIpc) is 2.72. The predicted octanol–water partition coefficient (Wildman–Crippen LogP) is 1.09. The lowest BCUT2D eigenvalue weighted by Gasteiger charge is -2.05. The molecule has 0 radical (unpaired) electrons. The zero-order valence-electron chi connectivity index (χ0n) is 10.3. The van der Waals surface area contributed by atoms with Crippen molar-refractivity contribution < 1.29 is 0 Å². The molecule has 0 saturated carbocycles. The Morgan fingerprint density at radius 1 is 1.29 bits per heavy atom. The summed E-state index contributed by atoms with van der Waals surface area (Å²) in [6.07, 6.45) is 2.51. The summed E-state index contributed by atoms with van der Waals surface area (Å²) in [5, 5.41) is 7.39. The fourth-order valence-electron chi connectivity index (χ4n) is 1.51. The van der Waals surface area contributed by atoms with E-state index in [1.165, 1.54) is 0 Å². The lowest BCUT2D eigenvalue weighted by Crippen LogP contribution is -2.06. The van der Waals surface area contributed by atoms with Gasteiger partial charge in [0, 0.05) is 25.2 Å². The normalized spacial score (nSPS) is 10.5. The van der Waals surface area contributed by atoms with Crippen LogP contribution in [0.2, 0.25) is 0 Å². The molecular weight excluding hydrogens is 216 g/mol. The van der Waals surface area contributed by atoms with Crippen LogP contribution in [0.4, 0.5) is 5.82 Å². The van der Waals surface area contributed by atoms with Crippen LogP contribution >= 0.6 is 0 Å². The molecule has 6 heteroatoms. The molecule has 17 heavy (non-hydrogen) atoms. The molecule has 0 bridgehead atoms. The summed E-state index contributed by atoms with van der Waals surface area (Å²) in [5.74, 6) is 2.42. The number of nitrogens with zero attached hydrogens (tertiary/aromatic N) is 5. The first-order valence-electron chi connectivity index (χ1n) is 5.60. The molecule has 0 spiro atoms. The zero-order valence-corrected chi connectivity index (χ0v) is 10.3. The Hall–Kier alpha value is -1.98. The second kappa shape index (κ2) is 4.90. The molecule has 0 aliphatic heterocycles. The minimum atomic E-state index is 0.570. The second-order valence-corrected chi connectivity index (χ2v) is 3.85. The molecule has 0 saturated heterocycles. The largest absolute Gasteiger partial charge is 0.363 e. The van der Waals surface area contributed by atoms with Crippen LogP contribution in [0.15, 0.2) is 12.4 Å². The van der Waals surface area contributed by atoms with Crippen LogP contribution in [0.1, 0.15) is 24.3 Å². The molecule has 2 rings (SSSR count). The van der Waals surface area contributed by atoms with Gasteiger partial charge in [-0.25, -0.2) is 15.0 Å². The maximum Gasteiger partial charge on any atom is 0.169 e. The Kier molecular flexibility index (Phi) is 3.32. The number of nitrogens with one attached hydrogen (secondary N) is 1. The SMILES string of the molecule is CCc1nc(C)cc(NCc2ncn(C)n2)n1. The topological polar surface area (TPSA) is 68.5 Å². The number of rotatable bonds is 4. The molecule has 0 atom stereocenters. The van der Waals surface area contributed by atoms with Gasteiger partial charge in [-0.1, -0.05) is 6.92 Å². The Bertz CT molecular complexity index is 504. The van der Waals surface area contributed by atoms with E-state index in [0.29, 0.717) is 6.54 Å². The fraction of sp³-hybridized carbons (Fsp3) is 0.455. The monoisotopic (exact) mass is 232 g/mol. The van der Waals surface area contributed by atoms with Crippen LogP contribution in [0.3, 0.4) is 0 Å². The first kappa shape index (κ1) is 11.5. The summed E-state index contributed by atoms with van der Waals surface area (Å²) in [5.41, 5.74) is 0.966. The van der Waals surface area contributed by atoms with Gasteiger partial charge in [-0.05, 0) is 6.92 Å². The van der Waals surface area contributed by atoms with Crippen molar-refractivity contribution in [2.75, 3.05) is 5.32 Å². The van der Waals surface area contributed by atoms with E-state index in [2.05, 4.69) is 25.4 Å². The molecule has 2 aromatic heterocycles. The van der Waals surface area contributed by atoms with Crippen molar-refractivity contribution in [2.45, 2.75) is 26.8 Å². The van der Waals surface area contributed by atoms with Crippen LogP contribution in [-0.4, -0.2) is 24.7 Å². The summed E-state index contributed by atoms with van der Waals surface area (Å²) in [7, 11) is 1.85. The molecule has 1 N–H and O–H groups in total. The highest BCUT2D eigenvalue weighted by Gasteiger charge is 2.02. The molecule has 0 aliphatic carbocycles. The van der Waals surface area contributed by atoms with Gasteiger partial charge in [0.05, 0.1) is 6.54 Å². The van der Waals surface area contributed by atoms with Crippen molar-refractivity contribution in [2.24, 2.45) is 7.05 Å². The van der Waals surface area contributed by atoms with Crippen molar-refractivity contribution in [1.29, 1.82) is 0 Å². The van der Waals surface area contributed by atoms with Crippen LogP contribution in [-0.2, 0) is 20.0 Å². The first-order chi connectivity index (χ1) is 8.17. The molecule has 0 unspecified atom stereocenters. The van der Waals surface area contributed by atoms with Gasteiger partial charge in [0.1, 0.15) is 18.0 Å². The highest BCUT2D eigenvalue weighted by Crippen LogP contribution is 2.07. The minimum absolute atomic E-state index is 0.570. The van der Waals surface area contributed by atoms with Crippen molar-refractivity contribution in [3.63, 3.8) is 0 Å². The quantitative estimate of drug-likeness (QED) is 0.854. The fourth-order valence-corrected chi connectivity index (χ4v) is 1.51. The summed E-state index contributed by atoms with van der Waals surface area (Å²) in [6.45, 7) is 4.57. The van der Waals surface area contributed by atoms with E-state index < -0.39 is 0 Å². The molecule has 90 valence electrons. The Morgan fingerprint density at radius 3 is 2.76 bits per heavy atom. The number of aryl methyl sites for hydroxylation is 3. The third-order valence-corrected chi connectivity index (χ3v) is 2.29. The van der Waals surface area contributed by atoms with Gasteiger partial charge < -0.3 is 5.32 Å². The van der Waals surface area contributed by atoms with E-state index in [4.69, 9.17) is 0 Å². The Morgan fingerprint density at radius 2 is 2.12 bits per heavy atom. The van der Waals surface area contributed by atoms with E-state index in [1.54, 1.807) is 11.0 Å². The molecule has 0 amide bonds. The smallest absolute Gasteiger partial charge is 0.169 e. The number of aromatic nitrogens is 5. The van der Waals surface area contributed by atoms with E-state index in [9.17, 15) is 0 Å². The van der Waals surface area contributed by atoms with E-state index >= 15 is 0 Å². The van der Waals surface area contributed by atoms with Crippen molar-refractivity contribution in [3.05, 3.63) is 29.7 Å². The summed E-state index contributed by atoms with van der Waals surface area (Å²) >= 11 is 0. The molecule has 2 heterocycles. The lowest BCUT2D eigenvalue weighted by atomic mass is 10.3. The highest BCUT2D eigenvalue weighted by atomic mass is 15.3. The van der Waals surface area contributed by atoms with Crippen LogP contribution < -0.4 is 5.32 Å². The molecule has 6 nitrogen and oxygen atoms in total. The van der Waals surface area contributed by atoms with Crippen LogP contribution in [0.5, 0.6) is 0 Å². The van der Waals surface area contributed by atoms with Crippen LogP contribution in [0, 0.1) is 6.92 Å². The second-order valence-electron chi connectivity index (χ2n) is 3.85. The van der Waals surface area contributed by atoms with Gasteiger partial charge in [-0.15, -0.1) is 0 Å². The van der Waals surface area contributed by atoms with Gasteiger partial charge in [0.25, 0.3) is 0 Å². The van der Waals surface area contributed by atoms with E-state index in [-0.39, 0.29) is 0 Å². The highest BCUT2D eigenvalue weighted by molar-refractivity contribution is 5.35. The molecule has 0 fully saturated rings. The Balaban J connectivity index is 2.05. The molecular formula is C11H16N6. The number of hydrogen-bond acceptors (Lipinski definition) is 5. The third-order valence-electron chi connectivity index (χ3n) is 2.29. The standard InChI is InChI=1S/C11H16N6/c1-4-9-14-8(2)5-10(15-9)12-6-11-13-7-17(3)16-11/h5,7H,4,6H2,1-3H3,(H,12,14,15). The predicted molar refractivity (Wildman–Crippen MR) is 64.5 cm³/mol. The van der Waals surface area contributed by atoms with Gasteiger partial charge in [0.15, 0.2) is 5.82 Å². The molecule has 0 aromatic carbocycles. The third kappa shape index (κ3) is 2.99. The van der Waals surface area contributed by atoms with E-state index in [1.807, 2.05) is 27.0 Å². The van der Waals surface area contributed by atoms with Gasteiger partial charge in [0.2, 0.25) is 0 Å². The summed E-state index contributed by atoms with van der Waals surface area (Å²) in [4.78, 5) is 12.9. The van der Waals surface area contributed by atoms with Crippen LogP contribution in [0.25, 0.3) is 0 Å². The summed E-state index contributed by atoms with van der Waals surface area (Å²) < 4.78 is 1.68. The number of hydrogen-bond donors (Lipinski definition) is 1. The van der Waals surface area contributed by atoms with E-state index in [0.717, 1.165) is 29.6 Å². The summed E-state index contributed by atoms with van der Waals surface area (Å²) in [6, 6.07) is 1.92. The van der Waals surface area contributed by atoms with Crippen molar-refractivity contribution in [3.8, 4) is 0 Å². The first-order valence-corrected chi connectivity index (χ1v) is 5.60. The Labute approximate surface area is 100 Å². The molecule has 0 aliphatic rings.